The molecule has 0 aliphatic carbocycles. The summed E-state index contributed by atoms with van der Waals surface area (Å²) in [4.78, 5) is 2.47. The molecule has 1 atom stereocenters. The number of rotatable bonds is 6. The van der Waals surface area contributed by atoms with Crippen LogP contribution in [-0.4, -0.2) is 37.7 Å². The number of hydrogen-bond acceptors (Lipinski definition) is 3. The Kier molecular flexibility index (Phi) is 4.88. The van der Waals surface area contributed by atoms with Crippen LogP contribution >= 0.6 is 0 Å². The smallest absolute Gasteiger partial charge is 0.119 e. The van der Waals surface area contributed by atoms with Gasteiger partial charge in [0.25, 0.3) is 0 Å². The molecule has 1 aromatic carbocycles. The van der Waals surface area contributed by atoms with Gasteiger partial charge >= 0.3 is 0 Å². The van der Waals surface area contributed by atoms with Gasteiger partial charge in [-0.2, -0.15) is 0 Å². The molecule has 0 saturated carbocycles. The van der Waals surface area contributed by atoms with Gasteiger partial charge in [0.1, 0.15) is 18.1 Å². The van der Waals surface area contributed by atoms with Gasteiger partial charge in [-0.1, -0.05) is 6.92 Å². The maximum Gasteiger partial charge on any atom is 0.119 e. The van der Waals surface area contributed by atoms with Gasteiger partial charge in [-0.05, 0) is 50.1 Å². The number of ether oxygens (including phenoxy) is 2. The first-order valence-corrected chi connectivity index (χ1v) is 6.86. The zero-order valence-corrected chi connectivity index (χ0v) is 11.4. The summed E-state index contributed by atoms with van der Waals surface area (Å²) in [5.41, 5.74) is 0. The van der Waals surface area contributed by atoms with Gasteiger partial charge in [-0.15, -0.1) is 0 Å². The van der Waals surface area contributed by atoms with Crippen molar-refractivity contribution in [2.45, 2.75) is 20.3 Å². The maximum atomic E-state index is 5.74. The third-order valence-corrected chi connectivity index (χ3v) is 3.32. The Morgan fingerprint density at radius 2 is 1.83 bits per heavy atom. The standard InChI is InChI=1S/C15H23NO2/c1-3-17-14-4-6-15(7-5-14)18-11-10-16-9-8-13(2)12-16/h4-7,13H,3,8-12H2,1-2H3. The van der Waals surface area contributed by atoms with Crippen molar-refractivity contribution in [1.29, 1.82) is 0 Å². The summed E-state index contributed by atoms with van der Waals surface area (Å²) in [6.07, 6.45) is 1.32. The molecule has 0 amide bonds. The van der Waals surface area contributed by atoms with E-state index < -0.39 is 0 Å². The summed E-state index contributed by atoms with van der Waals surface area (Å²) in [7, 11) is 0. The largest absolute Gasteiger partial charge is 0.494 e. The normalized spacial score (nSPS) is 20.0. The lowest BCUT2D eigenvalue weighted by molar-refractivity contribution is 0.233. The molecule has 1 aromatic rings. The molecule has 1 aliphatic rings. The van der Waals surface area contributed by atoms with Gasteiger partial charge in [-0.3, -0.25) is 4.90 Å². The summed E-state index contributed by atoms with van der Waals surface area (Å²) in [6.45, 7) is 9.22. The van der Waals surface area contributed by atoms with Crippen molar-refractivity contribution in [3.05, 3.63) is 24.3 Å². The molecular formula is C15H23NO2. The lowest BCUT2D eigenvalue weighted by Crippen LogP contribution is -2.25. The van der Waals surface area contributed by atoms with Crippen LogP contribution in [0.25, 0.3) is 0 Å². The van der Waals surface area contributed by atoms with E-state index in [0.29, 0.717) is 6.61 Å². The van der Waals surface area contributed by atoms with Gasteiger partial charge in [0.2, 0.25) is 0 Å². The third-order valence-electron chi connectivity index (χ3n) is 3.32. The van der Waals surface area contributed by atoms with Gasteiger partial charge in [0.15, 0.2) is 0 Å². The van der Waals surface area contributed by atoms with E-state index in [1.165, 1.54) is 19.5 Å². The molecule has 0 N–H and O–H groups in total. The van der Waals surface area contributed by atoms with E-state index in [0.717, 1.165) is 30.6 Å². The number of nitrogens with zero attached hydrogens (tertiary/aromatic N) is 1. The highest BCUT2D eigenvalue weighted by molar-refractivity contribution is 5.31. The average Bonchev–Trinajstić information content (AvgIpc) is 2.78. The molecule has 18 heavy (non-hydrogen) atoms. The van der Waals surface area contributed by atoms with E-state index >= 15 is 0 Å². The lowest BCUT2D eigenvalue weighted by atomic mass is 10.2. The summed E-state index contributed by atoms with van der Waals surface area (Å²) in [6, 6.07) is 7.85. The van der Waals surface area contributed by atoms with Crippen LogP contribution in [0.2, 0.25) is 0 Å². The Morgan fingerprint density at radius 1 is 1.17 bits per heavy atom. The van der Waals surface area contributed by atoms with Crippen LogP contribution in [0.15, 0.2) is 24.3 Å². The average molecular weight is 249 g/mol. The van der Waals surface area contributed by atoms with E-state index in [2.05, 4.69) is 11.8 Å². The second-order valence-electron chi connectivity index (χ2n) is 4.95. The summed E-state index contributed by atoms with van der Waals surface area (Å²) in [5.74, 6) is 2.67. The first-order chi connectivity index (χ1) is 8.78. The summed E-state index contributed by atoms with van der Waals surface area (Å²) < 4.78 is 11.1. The Hall–Kier alpha value is -1.22. The zero-order chi connectivity index (χ0) is 12.8. The lowest BCUT2D eigenvalue weighted by Gasteiger charge is -2.15. The fraction of sp³-hybridized carbons (Fsp3) is 0.600. The van der Waals surface area contributed by atoms with Crippen molar-refractivity contribution in [2.75, 3.05) is 32.8 Å². The molecule has 0 bridgehead atoms. The molecule has 0 aromatic heterocycles. The highest BCUT2D eigenvalue weighted by Gasteiger charge is 2.17. The van der Waals surface area contributed by atoms with Crippen LogP contribution in [0.5, 0.6) is 11.5 Å². The molecule has 2 rings (SSSR count). The van der Waals surface area contributed by atoms with Gasteiger partial charge < -0.3 is 9.47 Å². The quantitative estimate of drug-likeness (QED) is 0.774. The molecule has 1 unspecified atom stereocenters. The molecule has 1 heterocycles. The molecule has 3 heteroatoms. The molecule has 1 aliphatic heterocycles. The number of hydrogen-bond donors (Lipinski definition) is 0. The minimum atomic E-state index is 0.702. The van der Waals surface area contributed by atoms with E-state index in [1.54, 1.807) is 0 Å². The van der Waals surface area contributed by atoms with E-state index in [4.69, 9.17) is 9.47 Å². The summed E-state index contributed by atoms with van der Waals surface area (Å²) >= 11 is 0. The van der Waals surface area contributed by atoms with Crippen molar-refractivity contribution < 1.29 is 9.47 Å². The minimum Gasteiger partial charge on any atom is -0.494 e. The van der Waals surface area contributed by atoms with Crippen molar-refractivity contribution in [2.24, 2.45) is 5.92 Å². The van der Waals surface area contributed by atoms with Gasteiger partial charge in [0, 0.05) is 13.1 Å². The minimum absolute atomic E-state index is 0.702. The first-order valence-electron chi connectivity index (χ1n) is 6.86. The molecule has 0 radical (unpaired) electrons. The molecule has 1 saturated heterocycles. The number of likely N-dealkylation sites (tertiary alicyclic amines) is 1. The van der Waals surface area contributed by atoms with E-state index in [1.807, 2.05) is 31.2 Å². The number of benzene rings is 1. The van der Waals surface area contributed by atoms with Crippen LogP contribution in [0.3, 0.4) is 0 Å². The third kappa shape index (κ3) is 3.91. The van der Waals surface area contributed by atoms with Crippen molar-refractivity contribution in [3.8, 4) is 11.5 Å². The van der Waals surface area contributed by atoms with Crippen LogP contribution in [0, 0.1) is 5.92 Å². The van der Waals surface area contributed by atoms with Gasteiger partial charge in [-0.25, -0.2) is 0 Å². The highest BCUT2D eigenvalue weighted by atomic mass is 16.5. The van der Waals surface area contributed by atoms with Crippen molar-refractivity contribution in [3.63, 3.8) is 0 Å². The Labute approximate surface area is 110 Å². The predicted octanol–water partition coefficient (Wildman–Crippen LogP) is 2.81. The van der Waals surface area contributed by atoms with Crippen LogP contribution < -0.4 is 9.47 Å². The Bertz CT molecular complexity index is 350. The fourth-order valence-electron chi connectivity index (χ4n) is 2.32. The SMILES string of the molecule is CCOc1ccc(OCCN2CCC(C)C2)cc1. The van der Waals surface area contributed by atoms with Crippen LogP contribution in [0.1, 0.15) is 20.3 Å². The topological polar surface area (TPSA) is 21.7 Å². The second-order valence-corrected chi connectivity index (χ2v) is 4.95. The Morgan fingerprint density at radius 3 is 2.39 bits per heavy atom. The zero-order valence-electron chi connectivity index (χ0n) is 11.4. The van der Waals surface area contributed by atoms with Crippen molar-refractivity contribution in [1.82, 2.24) is 4.90 Å². The van der Waals surface area contributed by atoms with Crippen molar-refractivity contribution >= 4 is 0 Å². The van der Waals surface area contributed by atoms with Crippen LogP contribution in [-0.2, 0) is 0 Å². The first kappa shape index (κ1) is 13.2. The molecular weight excluding hydrogens is 226 g/mol. The maximum absolute atomic E-state index is 5.74. The predicted molar refractivity (Wildman–Crippen MR) is 73.3 cm³/mol. The monoisotopic (exact) mass is 249 g/mol. The van der Waals surface area contributed by atoms with Crippen LogP contribution in [0.4, 0.5) is 0 Å². The molecule has 100 valence electrons. The van der Waals surface area contributed by atoms with Gasteiger partial charge in [0.05, 0.1) is 6.61 Å². The summed E-state index contributed by atoms with van der Waals surface area (Å²) in [5, 5.41) is 0. The molecule has 1 fully saturated rings. The molecule has 0 spiro atoms. The second kappa shape index (κ2) is 6.64. The molecule has 3 nitrogen and oxygen atoms in total. The highest BCUT2D eigenvalue weighted by Crippen LogP contribution is 2.18. The fourth-order valence-corrected chi connectivity index (χ4v) is 2.32. The van der Waals surface area contributed by atoms with E-state index in [9.17, 15) is 0 Å². The Balaban J connectivity index is 1.69. The van der Waals surface area contributed by atoms with E-state index in [-0.39, 0.29) is 0 Å².